The number of rotatable bonds is 3. The van der Waals surface area contributed by atoms with Gasteiger partial charge in [0.15, 0.2) is 0 Å². The van der Waals surface area contributed by atoms with Crippen LogP contribution in [-0.2, 0) is 5.75 Å². The lowest BCUT2D eigenvalue weighted by Crippen LogP contribution is -1.86. The summed E-state index contributed by atoms with van der Waals surface area (Å²) in [7, 11) is 0. The highest BCUT2D eigenvalue weighted by molar-refractivity contribution is 9.10. The summed E-state index contributed by atoms with van der Waals surface area (Å²) in [5, 5.41) is 1.01. The first-order chi connectivity index (χ1) is 7.75. The van der Waals surface area contributed by atoms with Gasteiger partial charge < -0.3 is 5.73 Å². The van der Waals surface area contributed by atoms with Gasteiger partial charge >= 0.3 is 0 Å². The van der Waals surface area contributed by atoms with Crippen LogP contribution in [0.5, 0.6) is 0 Å². The van der Waals surface area contributed by atoms with E-state index >= 15 is 0 Å². The fraction of sp³-hybridized carbons (Fsp3) is 0.0833. The van der Waals surface area contributed by atoms with Crippen molar-refractivity contribution in [3.63, 3.8) is 0 Å². The highest BCUT2D eigenvalue weighted by Gasteiger charge is 2.01. The van der Waals surface area contributed by atoms with E-state index in [4.69, 9.17) is 5.73 Å². The minimum atomic E-state index is 0.799. The summed E-state index contributed by atoms with van der Waals surface area (Å²) in [6.07, 6.45) is 1.80. The Balaban J connectivity index is 2.02. The molecular formula is C12H11BrN2S. The van der Waals surface area contributed by atoms with E-state index in [-0.39, 0.29) is 0 Å². The lowest BCUT2D eigenvalue weighted by Gasteiger charge is -2.03. The molecule has 2 N–H and O–H groups in total. The number of nitrogen functional groups attached to an aromatic ring is 1. The van der Waals surface area contributed by atoms with Crippen LogP contribution < -0.4 is 5.73 Å². The number of nitrogens with zero attached hydrogens (tertiary/aromatic N) is 1. The van der Waals surface area contributed by atoms with Crippen molar-refractivity contribution in [1.82, 2.24) is 4.98 Å². The van der Waals surface area contributed by atoms with E-state index in [1.54, 1.807) is 18.0 Å². The summed E-state index contributed by atoms with van der Waals surface area (Å²) in [4.78, 5) is 4.30. The molecule has 1 aromatic carbocycles. The zero-order chi connectivity index (χ0) is 11.4. The van der Waals surface area contributed by atoms with Crippen molar-refractivity contribution in [3.05, 3.63) is 52.6 Å². The van der Waals surface area contributed by atoms with Crippen LogP contribution in [0, 0.1) is 0 Å². The van der Waals surface area contributed by atoms with Crippen molar-refractivity contribution in [3.8, 4) is 0 Å². The van der Waals surface area contributed by atoms with Gasteiger partial charge in [-0.1, -0.05) is 12.1 Å². The summed E-state index contributed by atoms with van der Waals surface area (Å²) in [6.45, 7) is 0. The van der Waals surface area contributed by atoms with Crippen LogP contribution in [-0.4, -0.2) is 4.98 Å². The number of hydrogen-bond donors (Lipinski definition) is 1. The largest absolute Gasteiger partial charge is 0.399 e. The molecule has 0 saturated carbocycles. The Morgan fingerprint density at radius 2 is 1.94 bits per heavy atom. The van der Waals surface area contributed by atoms with Crippen LogP contribution in [0.2, 0.25) is 0 Å². The Bertz CT molecular complexity index is 471. The van der Waals surface area contributed by atoms with Gasteiger partial charge in [-0.05, 0) is 45.8 Å². The lowest BCUT2D eigenvalue weighted by atomic mass is 10.2. The predicted molar refractivity (Wildman–Crippen MR) is 72.4 cm³/mol. The Morgan fingerprint density at radius 3 is 2.62 bits per heavy atom. The van der Waals surface area contributed by atoms with Crippen molar-refractivity contribution >= 4 is 33.4 Å². The molecule has 2 nitrogen and oxygen atoms in total. The lowest BCUT2D eigenvalue weighted by molar-refractivity contribution is 1.11. The molecule has 0 saturated heterocycles. The fourth-order valence-electron chi connectivity index (χ4n) is 1.24. The van der Waals surface area contributed by atoms with Gasteiger partial charge in [-0.2, -0.15) is 0 Å². The molecule has 0 amide bonds. The van der Waals surface area contributed by atoms with Crippen molar-refractivity contribution in [2.45, 2.75) is 10.8 Å². The molecule has 0 atom stereocenters. The maximum absolute atomic E-state index is 5.63. The first-order valence-corrected chi connectivity index (χ1v) is 6.61. The van der Waals surface area contributed by atoms with E-state index in [1.165, 1.54) is 5.56 Å². The first-order valence-electron chi connectivity index (χ1n) is 4.83. The number of pyridine rings is 1. The van der Waals surface area contributed by atoms with E-state index in [0.717, 1.165) is 20.9 Å². The fourth-order valence-corrected chi connectivity index (χ4v) is 2.68. The third-order valence-electron chi connectivity index (χ3n) is 2.08. The topological polar surface area (TPSA) is 38.9 Å². The number of thioether (sulfide) groups is 1. The number of anilines is 1. The summed E-state index contributed by atoms with van der Waals surface area (Å²) < 4.78 is 1.04. The number of nitrogens with two attached hydrogens (primary N) is 1. The highest BCUT2D eigenvalue weighted by Crippen LogP contribution is 2.27. The molecule has 1 aromatic heterocycles. The average Bonchev–Trinajstić information content (AvgIpc) is 2.30. The zero-order valence-corrected chi connectivity index (χ0v) is 11.0. The van der Waals surface area contributed by atoms with Crippen LogP contribution in [0.15, 0.2) is 52.1 Å². The maximum Gasteiger partial charge on any atom is 0.110 e. The number of halogens is 1. The molecular weight excluding hydrogens is 284 g/mol. The van der Waals surface area contributed by atoms with Crippen LogP contribution >= 0.6 is 27.7 Å². The Morgan fingerprint density at radius 1 is 1.19 bits per heavy atom. The molecule has 4 heteroatoms. The van der Waals surface area contributed by atoms with E-state index in [9.17, 15) is 0 Å². The molecule has 0 radical (unpaired) electrons. The van der Waals surface area contributed by atoms with Gasteiger partial charge in [0.25, 0.3) is 0 Å². The first kappa shape index (κ1) is 11.5. The number of aromatic nitrogens is 1. The molecule has 0 aliphatic carbocycles. The number of hydrogen-bond acceptors (Lipinski definition) is 3. The highest BCUT2D eigenvalue weighted by atomic mass is 79.9. The molecule has 0 spiro atoms. The second kappa shape index (κ2) is 5.37. The van der Waals surface area contributed by atoms with Gasteiger partial charge in [0.05, 0.1) is 0 Å². The van der Waals surface area contributed by atoms with E-state index < -0.39 is 0 Å². The second-order valence-electron chi connectivity index (χ2n) is 3.32. The monoisotopic (exact) mass is 294 g/mol. The van der Waals surface area contributed by atoms with Gasteiger partial charge in [0.1, 0.15) is 5.03 Å². The molecule has 1 heterocycles. The standard InChI is InChI=1S/C12H11BrN2S/c13-11-2-1-7-15-12(11)16-8-9-3-5-10(14)6-4-9/h1-7H,8,14H2. The van der Waals surface area contributed by atoms with Crippen LogP contribution in [0.1, 0.15) is 5.56 Å². The molecule has 82 valence electrons. The van der Waals surface area contributed by atoms with Gasteiger partial charge in [0, 0.05) is 22.1 Å². The Kier molecular flexibility index (Phi) is 3.85. The minimum absolute atomic E-state index is 0.799. The molecule has 2 rings (SSSR count). The van der Waals surface area contributed by atoms with Gasteiger partial charge in [-0.25, -0.2) is 4.98 Å². The SMILES string of the molecule is Nc1ccc(CSc2ncccc2Br)cc1. The summed E-state index contributed by atoms with van der Waals surface area (Å²) >= 11 is 5.19. The average molecular weight is 295 g/mol. The van der Waals surface area contributed by atoms with Gasteiger partial charge in [-0.3, -0.25) is 0 Å². The van der Waals surface area contributed by atoms with Crippen LogP contribution in [0.3, 0.4) is 0 Å². The molecule has 0 unspecified atom stereocenters. The van der Waals surface area contributed by atoms with Crippen LogP contribution in [0.25, 0.3) is 0 Å². The quantitative estimate of drug-likeness (QED) is 0.693. The van der Waals surface area contributed by atoms with Crippen molar-refractivity contribution in [1.29, 1.82) is 0 Å². The number of benzene rings is 1. The molecule has 0 aliphatic heterocycles. The summed E-state index contributed by atoms with van der Waals surface area (Å²) in [5.74, 6) is 0.899. The maximum atomic E-state index is 5.63. The van der Waals surface area contributed by atoms with Gasteiger partial charge in [-0.15, -0.1) is 11.8 Å². The Labute approximate surface area is 107 Å². The van der Waals surface area contributed by atoms with E-state index in [1.807, 2.05) is 36.4 Å². The van der Waals surface area contributed by atoms with Crippen molar-refractivity contribution < 1.29 is 0 Å². The third-order valence-corrected chi connectivity index (χ3v) is 4.06. The third kappa shape index (κ3) is 3.00. The molecule has 0 bridgehead atoms. The Hall–Kier alpha value is -1.00. The molecule has 2 aromatic rings. The van der Waals surface area contributed by atoms with Crippen LogP contribution in [0.4, 0.5) is 5.69 Å². The minimum Gasteiger partial charge on any atom is -0.399 e. The predicted octanol–water partition coefficient (Wildman–Crippen LogP) is 3.72. The zero-order valence-electron chi connectivity index (χ0n) is 8.56. The molecule has 0 aliphatic rings. The smallest absolute Gasteiger partial charge is 0.110 e. The normalized spacial score (nSPS) is 10.3. The summed E-state index contributed by atoms with van der Waals surface area (Å²) in [6, 6.07) is 11.8. The van der Waals surface area contributed by atoms with Crippen molar-refractivity contribution in [2.75, 3.05) is 5.73 Å². The second-order valence-corrected chi connectivity index (χ2v) is 5.14. The van der Waals surface area contributed by atoms with Gasteiger partial charge in [0.2, 0.25) is 0 Å². The van der Waals surface area contributed by atoms with E-state index in [2.05, 4.69) is 20.9 Å². The molecule has 16 heavy (non-hydrogen) atoms. The summed E-state index contributed by atoms with van der Waals surface area (Å²) in [5.41, 5.74) is 7.68. The van der Waals surface area contributed by atoms with E-state index in [0.29, 0.717) is 0 Å². The van der Waals surface area contributed by atoms with Crippen molar-refractivity contribution in [2.24, 2.45) is 0 Å². The molecule has 0 fully saturated rings.